The van der Waals surface area contributed by atoms with E-state index in [9.17, 15) is 4.39 Å². The molecule has 2 saturated heterocycles. The molecule has 9 nitrogen and oxygen atoms in total. The van der Waals surface area contributed by atoms with Gasteiger partial charge in [-0.1, -0.05) is 13.0 Å². The largest absolute Gasteiger partial charge is 0.477 e. The van der Waals surface area contributed by atoms with Gasteiger partial charge in [0.05, 0.1) is 12.1 Å². The van der Waals surface area contributed by atoms with Gasteiger partial charge in [0.25, 0.3) is 0 Å². The molecule has 1 unspecified atom stereocenters. The molecule has 3 aliphatic heterocycles. The number of rotatable bonds is 8. The number of pyridine rings is 1. The van der Waals surface area contributed by atoms with Gasteiger partial charge in [-0.05, 0) is 67.3 Å². The first-order valence-corrected chi connectivity index (χ1v) is 15.9. The summed E-state index contributed by atoms with van der Waals surface area (Å²) in [6.45, 7) is 5.60. The molecule has 7 rings (SSSR count). The lowest BCUT2D eigenvalue weighted by atomic mass is 9.94. The van der Waals surface area contributed by atoms with Crippen LogP contribution in [0, 0.1) is 11.6 Å². The molecule has 244 valence electrons. The number of halogens is 3. The van der Waals surface area contributed by atoms with E-state index in [2.05, 4.69) is 9.88 Å². The molecule has 12 heteroatoms. The van der Waals surface area contributed by atoms with E-state index in [1.165, 1.54) is 13.2 Å². The van der Waals surface area contributed by atoms with Crippen LogP contribution in [0.3, 0.4) is 0 Å². The third-order valence-electron chi connectivity index (χ3n) is 9.81. The third-order valence-corrected chi connectivity index (χ3v) is 9.81. The average Bonchev–Trinajstić information content (AvgIpc) is 3.58. The van der Waals surface area contributed by atoms with Crippen molar-refractivity contribution < 1.29 is 32.1 Å². The van der Waals surface area contributed by atoms with Crippen LogP contribution in [0.4, 0.5) is 19.0 Å². The Kier molecular flexibility index (Phi) is 8.04. The van der Waals surface area contributed by atoms with E-state index in [0.717, 1.165) is 19.4 Å². The van der Waals surface area contributed by atoms with Gasteiger partial charge >= 0.3 is 6.01 Å². The standard InChI is InChI=1S/C34H38F3N5O4/c1-5-23-25(36)8-7-20-13-22(46-18-43-4)14-24(26(20)23)29-28(37)30-27-31(41(3)19(2)9-12-44-32(27)38-29)40-33(39-30)45-17-34-10-6-11-42(34)16-21(35)15-34/h7-8,13-14,19,21H,5-6,9-12,15-18H2,1-4H3/t19?,21-,34+/m1/s1. The van der Waals surface area contributed by atoms with Crippen LogP contribution in [0.5, 0.6) is 17.6 Å². The number of alkyl halides is 1. The van der Waals surface area contributed by atoms with Gasteiger partial charge in [0, 0.05) is 45.1 Å². The highest BCUT2D eigenvalue weighted by Gasteiger charge is 2.49. The molecule has 0 saturated carbocycles. The van der Waals surface area contributed by atoms with Crippen molar-refractivity contribution in [1.29, 1.82) is 0 Å². The van der Waals surface area contributed by atoms with Crippen molar-refractivity contribution in [1.82, 2.24) is 19.9 Å². The van der Waals surface area contributed by atoms with Gasteiger partial charge < -0.3 is 23.8 Å². The SMILES string of the molecule is CCc1c(F)ccc2cc(OCOC)cc(-c3nc4c5c(nc(OC[C@@]67CCCN6C[C@H](F)C7)nc5c3F)N(C)C(C)CCO4)c12. The molecule has 3 aliphatic rings. The second-order valence-corrected chi connectivity index (χ2v) is 12.6. The van der Waals surface area contributed by atoms with Crippen molar-refractivity contribution >= 4 is 27.5 Å². The highest BCUT2D eigenvalue weighted by molar-refractivity contribution is 6.03. The van der Waals surface area contributed by atoms with Gasteiger partial charge in [-0.25, -0.2) is 18.2 Å². The first-order valence-electron chi connectivity index (χ1n) is 15.9. The van der Waals surface area contributed by atoms with E-state index in [0.29, 0.717) is 71.3 Å². The summed E-state index contributed by atoms with van der Waals surface area (Å²) in [5.41, 5.74) is 0.258. The molecule has 0 radical (unpaired) electrons. The predicted molar refractivity (Wildman–Crippen MR) is 169 cm³/mol. The van der Waals surface area contributed by atoms with Crippen LogP contribution in [-0.2, 0) is 11.2 Å². The Balaban J connectivity index is 1.43. The lowest BCUT2D eigenvalue weighted by Gasteiger charge is -2.32. The molecule has 0 spiro atoms. The topological polar surface area (TPSA) is 82.1 Å². The van der Waals surface area contributed by atoms with Gasteiger partial charge in [-0.2, -0.15) is 9.97 Å². The summed E-state index contributed by atoms with van der Waals surface area (Å²) in [7, 11) is 3.39. The summed E-state index contributed by atoms with van der Waals surface area (Å²) in [5, 5.41) is 1.51. The molecule has 2 aromatic heterocycles. The smallest absolute Gasteiger partial charge is 0.319 e. The second-order valence-electron chi connectivity index (χ2n) is 12.6. The van der Waals surface area contributed by atoms with Gasteiger partial charge in [0.15, 0.2) is 12.6 Å². The number of aryl methyl sites for hydroxylation is 1. The number of nitrogens with zero attached hydrogens (tertiary/aromatic N) is 5. The Morgan fingerprint density at radius 2 is 1.96 bits per heavy atom. The van der Waals surface area contributed by atoms with Crippen molar-refractivity contribution in [2.24, 2.45) is 0 Å². The first kappa shape index (κ1) is 30.7. The van der Waals surface area contributed by atoms with Crippen LogP contribution in [-0.4, -0.2) is 84.9 Å². The molecule has 0 amide bonds. The van der Waals surface area contributed by atoms with Crippen molar-refractivity contribution in [2.75, 3.05) is 52.2 Å². The number of ether oxygens (including phenoxy) is 4. The van der Waals surface area contributed by atoms with Crippen LogP contribution in [0.1, 0.15) is 45.1 Å². The van der Waals surface area contributed by atoms with Gasteiger partial charge in [-0.15, -0.1) is 0 Å². The van der Waals surface area contributed by atoms with Crippen LogP contribution in [0.15, 0.2) is 24.3 Å². The average molecular weight is 638 g/mol. The first-order chi connectivity index (χ1) is 22.2. The summed E-state index contributed by atoms with van der Waals surface area (Å²) in [5.74, 6) is -0.106. The zero-order valence-electron chi connectivity index (χ0n) is 26.5. The Bertz CT molecular complexity index is 1810. The van der Waals surface area contributed by atoms with Crippen molar-refractivity contribution in [3.63, 3.8) is 0 Å². The predicted octanol–water partition coefficient (Wildman–Crippen LogP) is 6.23. The lowest BCUT2D eigenvalue weighted by molar-refractivity contribution is 0.0512. The number of anilines is 1. The number of aromatic nitrogens is 3. The van der Waals surface area contributed by atoms with Crippen molar-refractivity contribution in [2.45, 2.75) is 63.7 Å². The molecule has 2 aromatic carbocycles. The number of hydrogen-bond donors (Lipinski definition) is 0. The summed E-state index contributed by atoms with van der Waals surface area (Å²) < 4.78 is 70.0. The van der Waals surface area contributed by atoms with Gasteiger partial charge in [-0.3, -0.25) is 4.90 Å². The van der Waals surface area contributed by atoms with E-state index >= 15 is 8.78 Å². The molecular formula is C34H38F3N5O4. The van der Waals surface area contributed by atoms with E-state index in [1.54, 1.807) is 18.2 Å². The number of benzene rings is 2. The Labute approximate surface area is 265 Å². The summed E-state index contributed by atoms with van der Waals surface area (Å²) >= 11 is 0. The molecule has 0 aliphatic carbocycles. The minimum atomic E-state index is -0.913. The Morgan fingerprint density at radius 3 is 2.76 bits per heavy atom. The van der Waals surface area contributed by atoms with Crippen LogP contribution in [0.2, 0.25) is 0 Å². The van der Waals surface area contributed by atoms with Gasteiger partial charge in [0.1, 0.15) is 46.8 Å². The number of fused-ring (bicyclic) bond motifs is 2. The summed E-state index contributed by atoms with van der Waals surface area (Å²) in [6.07, 6.45) is 2.29. The molecule has 46 heavy (non-hydrogen) atoms. The molecule has 5 heterocycles. The maximum atomic E-state index is 17.1. The van der Waals surface area contributed by atoms with E-state index in [4.69, 9.17) is 28.9 Å². The monoisotopic (exact) mass is 637 g/mol. The molecule has 3 atom stereocenters. The quantitative estimate of drug-likeness (QED) is 0.209. The Hall–Kier alpha value is -3.90. The van der Waals surface area contributed by atoms with Gasteiger partial charge in [0.2, 0.25) is 5.88 Å². The van der Waals surface area contributed by atoms with Crippen LogP contribution >= 0.6 is 0 Å². The maximum Gasteiger partial charge on any atom is 0.319 e. The highest BCUT2D eigenvalue weighted by atomic mass is 19.1. The fraction of sp³-hybridized carbons (Fsp3) is 0.500. The molecule has 0 bridgehead atoms. The summed E-state index contributed by atoms with van der Waals surface area (Å²) in [4.78, 5) is 18.2. The fourth-order valence-electron chi connectivity index (χ4n) is 7.31. The zero-order valence-corrected chi connectivity index (χ0v) is 26.5. The highest BCUT2D eigenvalue weighted by Crippen LogP contribution is 2.44. The third kappa shape index (κ3) is 5.15. The maximum absolute atomic E-state index is 17.1. The number of methoxy groups -OCH3 is 1. The summed E-state index contributed by atoms with van der Waals surface area (Å²) in [6, 6.07) is 6.46. The normalized spacial score (nSPS) is 23.0. The molecule has 0 N–H and O–H groups in total. The fourth-order valence-corrected chi connectivity index (χ4v) is 7.31. The zero-order chi connectivity index (χ0) is 32.2. The van der Waals surface area contributed by atoms with Crippen molar-refractivity contribution in [3.05, 3.63) is 41.5 Å². The van der Waals surface area contributed by atoms with Crippen molar-refractivity contribution in [3.8, 4) is 28.9 Å². The second kappa shape index (κ2) is 12.0. The molecule has 4 aromatic rings. The van der Waals surface area contributed by atoms with Crippen LogP contribution in [0.25, 0.3) is 32.9 Å². The lowest BCUT2D eigenvalue weighted by Crippen LogP contribution is -2.43. The number of hydrogen-bond acceptors (Lipinski definition) is 9. The minimum absolute atomic E-state index is 0.00464. The Morgan fingerprint density at radius 1 is 1.11 bits per heavy atom. The molecule has 2 fully saturated rings. The van der Waals surface area contributed by atoms with E-state index in [-0.39, 0.29) is 42.5 Å². The molecular weight excluding hydrogens is 599 g/mol. The minimum Gasteiger partial charge on any atom is -0.477 e. The van der Waals surface area contributed by atoms with E-state index < -0.39 is 23.3 Å². The van der Waals surface area contributed by atoms with E-state index in [1.807, 2.05) is 25.8 Å². The van der Waals surface area contributed by atoms with Crippen LogP contribution < -0.4 is 19.1 Å².